The van der Waals surface area contributed by atoms with E-state index in [2.05, 4.69) is 27.1 Å². The second kappa shape index (κ2) is 4.51. The van der Waals surface area contributed by atoms with Crippen molar-refractivity contribution in [3.63, 3.8) is 0 Å². The zero-order valence-corrected chi connectivity index (χ0v) is 10.3. The van der Waals surface area contributed by atoms with Crippen LogP contribution in [0.5, 0.6) is 0 Å². The summed E-state index contributed by atoms with van der Waals surface area (Å²) >= 11 is 0. The molecule has 7 heteroatoms. The van der Waals surface area contributed by atoms with Crippen LogP contribution in [0.2, 0.25) is 0 Å². The van der Waals surface area contributed by atoms with Gasteiger partial charge in [-0.2, -0.15) is 4.98 Å². The number of imidazole rings is 1. The Hall–Kier alpha value is -2.15. The molecule has 2 heterocycles. The van der Waals surface area contributed by atoms with Crippen molar-refractivity contribution >= 4 is 17.1 Å². The van der Waals surface area contributed by atoms with Gasteiger partial charge in [0.05, 0.1) is 6.33 Å². The molecule has 19 heavy (non-hydrogen) atoms. The van der Waals surface area contributed by atoms with Gasteiger partial charge in [-0.05, 0) is 12.8 Å². The zero-order valence-electron chi connectivity index (χ0n) is 10.3. The largest absolute Gasteiger partial charge is 0.396 e. The van der Waals surface area contributed by atoms with E-state index in [1.807, 2.05) is 4.57 Å². The van der Waals surface area contributed by atoms with E-state index in [-0.39, 0.29) is 30.1 Å². The van der Waals surface area contributed by atoms with Gasteiger partial charge in [0.2, 0.25) is 5.95 Å². The van der Waals surface area contributed by atoms with Crippen LogP contribution in [-0.4, -0.2) is 31.2 Å². The highest BCUT2D eigenvalue weighted by atomic mass is 16.3. The summed E-state index contributed by atoms with van der Waals surface area (Å²) in [6.45, 7) is 0.133. The average Bonchev–Trinajstić information content (AvgIpc) is 2.95. The topological polar surface area (TPSA) is 110 Å². The highest BCUT2D eigenvalue weighted by Crippen LogP contribution is 2.33. The van der Waals surface area contributed by atoms with Crippen molar-refractivity contribution in [2.45, 2.75) is 18.9 Å². The molecule has 0 aliphatic heterocycles. The number of hydrogen-bond acceptors (Lipinski definition) is 5. The van der Waals surface area contributed by atoms with Crippen LogP contribution in [-0.2, 0) is 0 Å². The number of fused-ring (bicyclic) bond motifs is 1. The number of nitrogens with two attached hydrogens (primary N) is 1. The lowest BCUT2D eigenvalue weighted by molar-refractivity contribution is 0.250. The molecule has 0 bridgehead atoms. The number of rotatable bonds is 3. The molecule has 1 aliphatic carbocycles. The first-order valence-electron chi connectivity index (χ1n) is 6.20. The molecule has 0 amide bonds. The Morgan fingerprint density at radius 1 is 1.58 bits per heavy atom. The number of aliphatic hydroxyl groups excluding tert-OH is 1. The predicted molar refractivity (Wildman–Crippen MR) is 70.5 cm³/mol. The Balaban J connectivity index is 2.08. The van der Waals surface area contributed by atoms with Crippen LogP contribution in [0.3, 0.4) is 0 Å². The first-order valence-corrected chi connectivity index (χ1v) is 6.20. The van der Waals surface area contributed by atoms with Crippen LogP contribution in [0.25, 0.3) is 11.2 Å². The van der Waals surface area contributed by atoms with Gasteiger partial charge in [0.15, 0.2) is 11.2 Å². The van der Waals surface area contributed by atoms with Crippen molar-refractivity contribution in [1.29, 1.82) is 0 Å². The number of aromatic nitrogens is 4. The lowest BCUT2D eigenvalue weighted by atomic mass is 10.00. The van der Waals surface area contributed by atoms with Crippen molar-refractivity contribution in [3.05, 3.63) is 28.8 Å². The fourth-order valence-corrected chi connectivity index (χ4v) is 2.64. The highest BCUT2D eigenvalue weighted by molar-refractivity contribution is 5.70. The number of aromatic amines is 1. The lowest BCUT2D eigenvalue weighted by Crippen LogP contribution is -2.17. The molecule has 2 atom stereocenters. The van der Waals surface area contributed by atoms with Crippen LogP contribution in [0, 0.1) is 5.92 Å². The normalized spacial score (nSPS) is 22.4. The molecule has 0 spiro atoms. The third kappa shape index (κ3) is 1.91. The third-order valence-corrected chi connectivity index (χ3v) is 3.53. The standard InChI is InChI=1S/C12H15N5O2/c13-12-15-10-9(11(19)16-12)14-6-17(10)8-3-1-2-7(8)4-5-18/h1-2,6-8,18H,3-5H2,(H3,13,15,16,19)/t7-,8-/m1/s1. The number of nitrogen functional groups attached to an aromatic ring is 1. The van der Waals surface area contributed by atoms with E-state index in [9.17, 15) is 4.79 Å². The fraction of sp³-hybridized carbons (Fsp3) is 0.417. The quantitative estimate of drug-likeness (QED) is 0.684. The van der Waals surface area contributed by atoms with E-state index in [1.54, 1.807) is 6.33 Å². The summed E-state index contributed by atoms with van der Waals surface area (Å²) in [5.74, 6) is 0.314. The molecule has 100 valence electrons. The van der Waals surface area contributed by atoms with Gasteiger partial charge in [0.25, 0.3) is 5.56 Å². The molecule has 2 aromatic heterocycles. The molecule has 2 aromatic rings. The minimum atomic E-state index is -0.328. The van der Waals surface area contributed by atoms with Crippen LogP contribution in [0.4, 0.5) is 5.95 Å². The molecule has 0 aromatic carbocycles. The smallest absolute Gasteiger partial charge is 0.280 e. The Morgan fingerprint density at radius 3 is 3.21 bits per heavy atom. The SMILES string of the molecule is Nc1nc2c(ncn2[C@@H]2CC=C[C@@H]2CCO)c(=O)[nH]1. The monoisotopic (exact) mass is 261 g/mol. The van der Waals surface area contributed by atoms with Crippen molar-refractivity contribution in [3.8, 4) is 0 Å². The number of anilines is 1. The van der Waals surface area contributed by atoms with Crippen molar-refractivity contribution in [2.75, 3.05) is 12.3 Å². The zero-order chi connectivity index (χ0) is 13.4. The van der Waals surface area contributed by atoms with Crippen molar-refractivity contribution < 1.29 is 5.11 Å². The lowest BCUT2D eigenvalue weighted by Gasteiger charge is -2.20. The molecule has 1 aliphatic rings. The molecule has 4 N–H and O–H groups in total. The van der Waals surface area contributed by atoms with E-state index in [0.29, 0.717) is 17.6 Å². The van der Waals surface area contributed by atoms with Crippen LogP contribution >= 0.6 is 0 Å². The van der Waals surface area contributed by atoms with Gasteiger partial charge in [0.1, 0.15) is 0 Å². The minimum absolute atomic E-state index is 0.0870. The van der Waals surface area contributed by atoms with Gasteiger partial charge < -0.3 is 15.4 Å². The minimum Gasteiger partial charge on any atom is -0.396 e. The van der Waals surface area contributed by atoms with Gasteiger partial charge in [-0.15, -0.1) is 0 Å². The molecule has 0 unspecified atom stereocenters. The number of hydrogen-bond donors (Lipinski definition) is 3. The second-order valence-corrected chi connectivity index (χ2v) is 4.68. The Morgan fingerprint density at radius 2 is 2.42 bits per heavy atom. The van der Waals surface area contributed by atoms with E-state index in [0.717, 1.165) is 6.42 Å². The fourth-order valence-electron chi connectivity index (χ4n) is 2.64. The summed E-state index contributed by atoms with van der Waals surface area (Å²) in [5.41, 5.74) is 6.05. The van der Waals surface area contributed by atoms with E-state index in [4.69, 9.17) is 10.8 Å². The summed E-state index contributed by atoms with van der Waals surface area (Å²) in [4.78, 5) is 22.4. The van der Waals surface area contributed by atoms with Gasteiger partial charge in [0, 0.05) is 18.6 Å². The second-order valence-electron chi connectivity index (χ2n) is 4.68. The summed E-state index contributed by atoms with van der Waals surface area (Å²) in [6.07, 6.45) is 7.30. The molecule has 0 saturated heterocycles. The van der Waals surface area contributed by atoms with E-state index >= 15 is 0 Å². The van der Waals surface area contributed by atoms with Gasteiger partial charge in [-0.25, -0.2) is 4.98 Å². The molecule has 0 radical (unpaired) electrons. The number of H-pyrrole nitrogens is 1. The predicted octanol–water partition coefficient (Wildman–Crippen LogP) is 0.201. The van der Waals surface area contributed by atoms with Gasteiger partial charge >= 0.3 is 0 Å². The maximum Gasteiger partial charge on any atom is 0.280 e. The maximum atomic E-state index is 11.7. The number of allylic oxidation sites excluding steroid dienone is 2. The Bertz CT molecular complexity index is 687. The molecular weight excluding hydrogens is 246 g/mol. The van der Waals surface area contributed by atoms with Gasteiger partial charge in [-0.3, -0.25) is 9.78 Å². The maximum absolute atomic E-state index is 11.7. The molecule has 0 saturated carbocycles. The van der Waals surface area contributed by atoms with Gasteiger partial charge in [-0.1, -0.05) is 12.2 Å². The third-order valence-electron chi connectivity index (χ3n) is 3.53. The van der Waals surface area contributed by atoms with E-state index < -0.39 is 0 Å². The van der Waals surface area contributed by atoms with Crippen molar-refractivity contribution in [2.24, 2.45) is 5.92 Å². The average molecular weight is 261 g/mol. The van der Waals surface area contributed by atoms with Crippen LogP contribution < -0.4 is 11.3 Å². The number of aliphatic hydroxyl groups is 1. The molecule has 0 fully saturated rings. The summed E-state index contributed by atoms with van der Waals surface area (Å²) in [7, 11) is 0. The first-order chi connectivity index (χ1) is 9.20. The molecule has 3 rings (SSSR count). The first kappa shape index (κ1) is 11.9. The number of nitrogens with one attached hydrogen (secondary N) is 1. The summed E-state index contributed by atoms with van der Waals surface area (Å²) in [5, 5.41) is 9.09. The van der Waals surface area contributed by atoms with Crippen LogP contribution in [0.1, 0.15) is 18.9 Å². The number of nitrogens with zero attached hydrogens (tertiary/aromatic N) is 3. The summed E-state index contributed by atoms with van der Waals surface area (Å²) in [6, 6.07) is 0.130. The Labute approximate surface area is 108 Å². The Kier molecular flexibility index (Phi) is 2.83. The van der Waals surface area contributed by atoms with Crippen molar-refractivity contribution in [1.82, 2.24) is 19.5 Å². The van der Waals surface area contributed by atoms with Crippen LogP contribution in [0.15, 0.2) is 23.3 Å². The highest BCUT2D eigenvalue weighted by Gasteiger charge is 2.26. The molecule has 7 nitrogen and oxygen atoms in total. The molecular formula is C12H15N5O2. The summed E-state index contributed by atoms with van der Waals surface area (Å²) < 4.78 is 1.88. The van der Waals surface area contributed by atoms with E-state index in [1.165, 1.54) is 0 Å².